The van der Waals surface area contributed by atoms with Crippen LogP contribution >= 0.6 is 0 Å². The van der Waals surface area contributed by atoms with Crippen LogP contribution in [0.15, 0.2) is 18.2 Å². The molecule has 1 heterocycles. The monoisotopic (exact) mass is 248 g/mol. The highest BCUT2D eigenvalue weighted by molar-refractivity contribution is 5.95. The number of carbonyl (C=O) groups is 2. The van der Waals surface area contributed by atoms with Crippen molar-refractivity contribution < 1.29 is 14.3 Å². The molecule has 0 bridgehead atoms. The lowest BCUT2D eigenvalue weighted by molar-refractivity contribution is -0.118. The number of hydrogen-bond donors (Lipinski definition) is 1. The quantitative estimate of drug-likeness (QED) is 0.861. The molecule has 0 spiro atoms. The number of fused-ring (bicyclic) bond motifs is 1. The van der Waals surface area contributed by atoms with Crippen molar-refractivity contribution in [1.29, 1.82) is 0 Å². The average Bonchev–Trinajstić information content (AvgIpc) is 2.40. The molecule has 2 rings (SSSR count). The van der Waals surface area contributed by atoms with E-state index >= 15 is 0 Å². The van der Waals surface area contributed by atoms with Crippen LogP contribution < -0.4 is 10.2 Å². The number of benzene rings is 1. The van der Waals surface area contributed by atoms with E-state index in [0.717, 1.165) is 23.2 Å². The molecule has 0 fully saturated rings. The van der Waals surface area contributed by atoms with Crippen LogP contribution in [-0.2, 0) is 22.5 Å². The Morgan fingerprint density at radius 1 is 1.44 bits per heavy atom. The van der Waals surface area contributed by atoms with Gasteiger partial charge in [0.1, 0.15) is 0 Å². The summed E-state index contributed by atoms with van der Waals surface area (Å²) in [7, 11) is 3.12. The fourth-order valence-corrected chi connectivity index (χ4v) is 2.07. The maximum Gasteiger partial charge on any atom is 0.407 e. The molecule has 5 heteroatoms. The third-order valence-electron chi connectivity index (χ3n) is 3.11. The van der Waals surface area contributed by atoms with Gasteiger partial charge in [-0.15, -0.1) is 0 Å². The van der Waals surface area contributed by atoms with E-state index in [0.29, 0.717) is 13.0 Å². The van der Waals surface area contributed by atoms with Crippen molar-refractivity contribution in [2.45, 2.75) is 19.4 Å². The molecule has 1 aromatic carbocycles. The Morgan fingerprint density at radius 3 is 2.94 bits per heavy atom. The Hall–Kier alpha value is -2.04. The number of aryl methyl sites for hydroxylation is 1. The zero-order valence-corrected chi connectivity index (χ0v) is 10.5. The Balaban J connectivity index is 2.13. The number of alkyl carbamates (subject to hydrolysis) is 1. The second kappa shape index (κ2) is 5.08. The molecule has 18 heavy (non-hydrogen) atoms. The topological polar surface area (TPSA) is 58.6 Å². The van der Waals surface area contributed by atoms with E-state index in [9.17, 15) is 9.59 Å². The van der Waals surface area contributed by atoms with Gasteiger partial charge >= 0.3 is 6.09 Å². The van der Waals surface area contributed by atoms with E-state index in [4.69, 9.17) is 0 Å². The van der Waals surface area contributed by atoms with Crippen molar-refractivity contribution in [2.24, 2.45) is 0 Å². The number of hydrogen-bond acceptors (Lipinski definition) is 3. The van der Waals surface area contributed by atoms with Gasteiger partial charge in [-0.3, -0.25) is 4.79 Å². The van der Waals surface area contributed by atoms with E-state index < -0.39 is 6.09 Å². The van der Waals surface area contributed by atoms with Gasteiger partial charge < -0.3 is 15.0 Å². The van der Waals surface area contributed by atoms with E-state index in [1.165, 1.54) is 7.11 Å². The van der Waals surface area contributed by atoms with Gasteiger partial charge in [-0.25, -0.2) is 4.79 Å². The second-order valence-electron chi connectivity index (χ2n) is 4.26. The number of ether oxygens (including phenoxy) is 1. The maximum atomic E-state index is 11.5. The van der Waals surface area contributed by atoms with Crippen LogP contribution in [0, 0.1) is 0 Å². The molecule has 0 aromatic heterocycles. The van der Waals surface area contributed by atoms with E-state index in [-0.39, 0.29) is 5.91 Å². The van der Waals surface area contributed by atoms with Gasteiger partial charge in [0.25, 0.3) is 0 Å². The zero-order valence-electron chi connectivity index (χ0n) is 10.5. The number of nitrogens with zero attached hydrogens (tertiary/aromatic N) is 1. The van der Waals surface area contributed by atoms with Gasteiger partial charge in [-0.1, -0.05) is 12.1 Å². The van der Waals surface area contributed by atoms with Crippen LogP contribution in [0.3, 0.4) is 0 Å². The van der Waals surface area contributed by atoms with E-state index in [1.807, 2.05) is 18.2 Å². The van der Waals surface area contributed by atoms with E-state index in [2.05, 4.69) is 10.1 Å². The lowest BCUT2D eigenvalue weighted by atomic mass is 9.99. The van der Waals surface area contributed by atoms with Gasteiger partial charge in [0.2, 0.25) is 5.91 Å². The minimum absolute atomic E-state index is 0.142. The van der Waals surface area contributed by atoms with Gasteiger partial charge in [-0.05, 0) is 23.6 Å². The first kappa shape index (κ1) is 12.4. The normalized spacial score (nSPS) is 14.1. The van der Waals surface area contributed by atoms with Crippen molar-refractivity contribution in [3.8, 4) is 0 Å². The largest absolute Gasteiger partial charge is 0.453 e. The zero-order chi connectivity index (χ0) is 13.1. The van der Waals surface area contributed by atoms with Crippen LogP contribution in [0.25, 0.3) is 0 Å². The SMILES string of the molecule is COC(=O)NCc1ccc2c(c1)CCC(=O)N2C. The summed E-state index contributed by atoms with van der Waals surface area (Å²) >= 11 is 0. The molecule has 0 atom stereocenters. The number of anilines is 1. The number of carbonyl (C=O) groups excluding carboxylic acids is 2. The van der Waals surface area contributed by atoms with Crippen LogP contribution in [0.4, 0.5) is 10.5 Å². The van der Waals surface area contributed by atoms with Crippen LogP contribution in [-0.4, -0.2) is 26.2 Å². The van der Waals surface area contributed by atoms with Crippen LogP contribution in [0.1, 0.15) is 17.5 Å². The van der Waals surface area contributed by atoms with Crippen molar-refractivity contribution in [3.05, 3.63) is 29.3 Å². The highest BCUT2D eigenvalue weighted by atomic mass is 16.5. The molecule has 1 aliphatic rings. The fourth-order valence-electron chi connectivity index (χ4n) is 2.07. The summed E-state index contributed by atoms with van der Waals surface area (Å²) in [6.45, 7) is 0.428. The lowest BCUT2D eigenvalue weighted by Crippen LogP contribution is -2.31. The molecule has 0 aliphatic carbocycles. The predicted molar refractivity (Wildman–Crippen MR) is 67.4 cm³/mol. The summed E-state index contributed by atoms with van der Waals surface area (Å²) in [6, 6.07) is 5.85. The number of amides is 2. The molecule has 0 saturated heterocycles. The molecule has 96 valence electrons. The summed E-state index contributed by atoms with van der Waals surface area (Å²) in [5.41, 5.74) is 3.09. The van der Waals surface area contributed by atoms with Gasteiger partial charge in [0.15, 0.2) is 0 Å². The van der Waals surface area contributed by atoms with Crippen LogP contribution in [0.2, 0.25) is 0 Å². The van der Waals surface area contributed by atoms with Crippen molar-refractivity contribution in [1.82, 2.24) is 5.32 Å². The molecule has 0 saturated carbocycles. The third-order valence-corrected chi connectivity index (χ3v) is 3.11. The molecule has 2 amide bonds. The second-order valence-corrected chi connectivity index (χ2v) is 4.26. The standard InChI is InChI=1S/C13H16N2O3/c1-15-11-5-3-9(8-14-13(17)18-2)7-10(11)4-6-12(15)16/h3,5,7H,4,6,8H2,1-2H3,(H,14,17). The number of methoxy groups -OCH3 is 1. The summed E-state index contributed by atoms with van der Waals surface area (Å²) in [5.74, 6) is 0.142. The number of rotatable bonds is 2. The summed E-state index contributed by atoms with van der Waals surface area (Å²) in [6.07, 6.45) is 0.849. The summed E-state index contributed by atoms with van der Waals surface area (Å²) in [4.78, 5) is 24.2. The Bertz CT molecular complexity index is 485. The predicted octanol–water partition coefficient (Wildman–Crippen LogP) is 1.45. The fraction of sp³-hybridized carbons (Fsp3) is 0.385. The molecule has 0 unspecified atom stereocenters. The summed E-state index contributed by atoms with van der Waals surface area (Å²) in [5, 5.41) is 2.63. The Morgan fingerprint density at radius 2 is 2.22 bits per heavy atom. The molecule has 5 nitrogen and oxygen atoms in total. The molecule has 1 N–H and O–H groups in total. The first-order valence-electron chi connectivity index (χ1n) is 5.82. The molecule has 1 aliphatic heterocycles. The van der Waals surface area contributed by atoms with Gasteiger partial charge in [-0.2, -0.15) is 0 Å². The molecular weight excluding hydrogens is 232 g/mol. The summed E-state index contributed by atoms with van der Waals surface area (Å²) < 4.78 is 4.51. The Labute approximate surface area is 106 Å². The first-order chi connectivity index (χ1) is 8.61. The van der Waals surface area contributed by atoms with Crippen LogP contribution in [0.5, 0.6) is 0 Å². The van der Waals surface area contributed by atoms with Gasteiger partial charge in [0.05, 0.1) is 7.11 Å². The van der Waals surface area contributed by atoms with Crippen molar-refractivity contribution >= 4 is 17.7 Å². The lowest BCUT2D eigenvalue weighted by Gasteiger charge is -2.26. The first-order valence-corrected chi connectivity index (χ1v) is 5.82. The highest BCUT2D eigenvalue weighted by Gasteiger charge is 2.20. The molecular formula is C13H16N2O3. The van der Waals surface area contributed by atoms with Crippen molar-refractivity contribution in [3.63, 3.8) is 0 Å². The minimum Gasteiger partial charge on any atom is -0.453 e. The molecule has 0 radical (unpaired) electrons. The number of nitrogens with one attached hydrogen (secondary N) is 1. The van der Waals surface area contributed by atoms with Crippen molar-refractivity contribution in [2.75, 3.05) is 19.1 Å². The smallest absolute Gasteiger partial charge is 0.407 e. The molecule has 1 aromatic rings. The van der Waals surface area contributed by atoms with Gasteiger partial charge in [0, 0.05) is 25.7 Å². The maximum absolute atomic E-state index is 11.5. The average molecular weight is 248 g/mol. The third kappa shape index (κ3) is 2.45. The minimum atomic E-state index is -0.444. The Kier molecular flexibility index (Phi) is 3.50. The highest BCUT2D eigenvalue weighted by Crippen LogP contribution is 2.27. The van der Waals surface area contributed by atoms with E-state index in [1.54, 1.807) is 11.9 Å².